The number of hydrogen-bond acceptors (Lipinski definition) is 4. The highest BCUT2D eigenvalue weighted by atomic mass is 32.1. The summed E-state index contributed by atoms with van der Waals surface area (Å²) in [5.74, 6) is 0. The van der Waals surface area contributed by atoms with E-state index in [2.05, 4.69) is 24.1 Å². The number of thiazole rings is 1. The van der Waals surface area contributed by atoms with Gasteiger partial charge in [0.2, 0.25) is 0 Å². The van der Waals surface area contributed by atoms with Crippen molar-refractivity contribution in [1.29, 1.82) is 0 Å². The number of aromatic nitrogens is 1. The lowest BCUT2D eigenvalue weighted by Crippen LogP contribution is -2.38. The number of nitrogens with zero attached hydrogens (tertiary/aromatic N) is 1. The summed E-state index contributed by atoms with van der Waals surface area (Å²) in [7, 11) is 0. The van der Waals surface area contributed by atoms with Gasteiger partial charge < -0.3 is 10.1 Å². The van der Waals surface area contributed by atoms with Crippen molar-refractivity contribution in [1.82, 2.24) is 10.3 Å². The highest BCUT2D eigenvalue weighted by Gasteiger charge is 2.29. The van der Waals surface area contributed by atoms with E-state index in [1.165, 1.54) is 11.3 Å². The molecule has 2 atom stereocenters. The molecule has 84 valence electrons. The molecule has 1 aliphatic rings. The standard InChI is InChI=1S/C11H18N2OS/c1-9(10-6-12-8-15-10)13-7-11(2)4-3-5-14-11/h6,8-9,13H,3-5,7H2,1-2H3. The van der Waals surface area contributed by atoms with E-state index in [9.17, 15) is 0 Å². The number of ether oxygens (including phenoxy) is 1. The lowest BCUT2D eigenvalue weighted by Gasteiger charge is -2.25. The Kier molecular flexibility index (Phi) is 3.38. The predicted octanol–water partition coefficient (Wildman–Crippen LogP) is 2.36. The van der Waals surface area contributed by atoms with E-state index in [4.69, 9.17) is 4.74 Å². The van der Waals surface area contributed by atoms with Crippen molar-refractivity contribution < 1.29 is 4.74 Å². The molecule has 0 aromatic carbocycles. The van der Waals surface area contributed by atoms with Crippen molar-refractivity contribution in [3.63, 3.8) is 0 Å². The zero-order chi connectivity index (χ0) is 10.7. The lowest BCUT2D eigenvalue weighted by atomic mass is 10.0. The Morgan fingerprint density at radius 3 is 3.20 bits per heavy atom. The van der Waals surface area contributed by atoms with Crippen molar-refractivity contribution in [2.75, 3.05) is 13.2 Å². The molecule has 1 aromatic heterocycles. The van der Waals surface area contributed by atoms with Gasteiger partial charge in [0.05, 0.1) is 11.1 Å². The van der Waals surface area contributed by atoms with Crippen LogP contribution in [-0.4, -0.2) is 23.7 Å². The van der Waals surface area contributed by atoms with Crippen LogP contribution < -0.4 is 5.32 Å². The Morgan fingerprint density at radius 2 is 2.60 bits per heavy atom. The lowest BCUT2D eigenvalue weighted by molar-refractivity contribution is 0.0192. The molecule has 1 fully saturated rings. The van der Waals surface area contributed by atoms with Crippen LogP contribution in [0, 0.1) is 0 Å². The molecule has 2 heterocycles. The van der Waals surface area contributed by atoms with Crippen LogP contribution >= 0.6 is 11.3 Å². The molecule has 1 saturated heterocycles. The molecule has 2 rings (SSSR count). The number of rotatable bonds is 4. The predicted molar refractivity (Wildman–Crippen MR) is 62.1 cm³/mol. The van der Waals surface area contributed by atoms with Crippen molar-refractivity contribution >= 4 is 11.3 Å². The van der Waals surface area contributed by atoms with E-state index in [0.717, 1.165) is 19.6 Å². The molecule has 1 aromatic rings. The molecule has 0 aliphatic carbocycles. The third-order valence-corrected chi connectivity index (χ3v) is 3.92. The van der Waals surface area contributed by atoms with Crippen LogP contribution in [0.25, 0.3) is 0 Å². The van der Waals surface area contributed by atoms with Gasteiger partial charge in [-0.2, -0.15) is 0 Å². The van der Waals surface area contributed by atoms with Crippen molar-refractivity contribution in [3.05, 3.63) is 16.6 Å². The van der Waals surface area contributed by atoms with Gasteiger partial charge in [0, 0.05) is 30.3 Å². The van der Waals surface area contributed by atoms with Crippen LogP contribution in [0.1, 0.15) is 37.6 Å². The SMILES string of the molecule is CC(NCC1(C)CCCO1)c1cncs1. The minimum atomic E-state index is 0.0406. The summed E-state index contributed by atoms with van der Waals surface area (Å²) < 4.78 is 5.73. The van der Waals surface area contributed by atoms with Gasteiger partial charge in [0.15, 0.2) is 0 Å². The Bertz CT molecular complexity index is 294. The first-order valence-electron chi connectivity index (χ1n) is 5.45. The quantitative estimate of drug-likeness (QED) is 0.856. The van der Waals surface area contributed by atoms with Crippen LogP contribution in [-0.2, 0) is 4.74 Å². The van der Waals surface area contributed by atoms with Crippen LogP contribution in [0.5, 0.6) is 0 Å². The summed E-state index contributed by atoms with van der Waals surface area (Å²) in [5.41, 5.74) is 1.92. The van der Waals surface area contributed by atoms with Gasteiger partial charge >= 0.3 is 0 Å². The van der Waals surface area contributed by atoms with Crippen LogP contribution in [0.3, 0.4) is 0 Å². The van der Waals surface area contributed by atoms with Gasteiger partial charge in [-0.05, 0) is 26.7 Å². The summed E-state index contributed by atoms with van der Waals surface area (Å²) in [5, 5.41) is 3.51. The molecule has 15 heavy (non-hydrogen) atoms. The Balaban J connectivity index is 1.83. The van der Waals surface area contributed by atoms with Gasteiger partial charge in [0.25, 0.3) is 0 Å². The Labute approximate surface area is 94.9 Å². The zero-order valence-electron chi connectivity index (χ0n) is 9.32. The molecule has 0 amide bonds. The van der Waals surface area contributed by atoms with Gasteiger partial charge in [-0.25, -0.2) is 0 Å². The van der Waals surface area contributed by atoms with E-state index in [0.29, 0.717) is 6.04 Å². The maximum Gasteiger partial charge on any atom is 0.0794 e. The van der Waals surface area contributed by atoms with E-state index >= 15 is 0 Å². The van der Waals surface area contributed by atoms with E-state index in [1.54, 1.807) is 11.3 Å². The summed E-state index contributed by atoms with van der Waals surface area (Å²) in [6, 6.07) is 0.374. The third-order valence-electron chi connectivity index (χ3n) is 2.96. The first-order valence-corrected chi connectivity index (χ1v) is 6.33. The van der Waals surface area contributed by atoms with Crippen molar-refractivity contribution in [2.24, 2.45) is 0 Å². The fourth-order valence-electron chi connectivity index (χ4n) is 1.89. The molecule has 3 nitrogen and oxygen atoms in total. The zero-order valence-corrected chi connectivity index (χ0v) is 10.1. The second-order valence-electron chi connectivity index (χ2n) is 4.41. The van der Waals surface area contributed by atoms with E-state index < -0.39 is 0 Å². The largest absolute Gasteiger partial charge is 0.374 e. The van der Waals surface area contributed by atoms with Gasteiger partial charge in [-0.15, -0.1) is 11.3 Å². The van der Waals surface area contributed by atoms with Gasteiger partial charge in [0.1, 0.15) is 0 Å². The third kappa shape index (κ3) is 2.77. The summed E-state index contributed by atoms with van der Waals surface area (Å²) in [6.45, 7) is 6.19. The minimum Gasteiger partial charge on any atom is -0.374 e. The van der Waals surface area contributed by atoms with Gasteiger partial charge in [-0.3, -0.25) is 4.98 Å². The van der Waals surface area contributed by atoms with Crippen LogP contribution in [0.15, 0.2) is 11.7 Å². The monoisotopic (exact) mass is 226 g/mol. The van der Waals surface area contributed by atoms with Gasteiger partial charge in [-0.1, -0.05) is 0 Å². The maximum atomic E-state index is 5.73. The second kappa shape index (κ2) is 4.60. The number of hydrogen-bond donors (Lipinski definition) is 1. The maximum absolute atomic E-state index is 5.73. The highest BCUT2D eigenvalue weighted by Crippen LogP contribution is 2.25. The normalized spacial score (nSPS) is 28.1. The molecule has 2 unspecified atom stereocenters. The average molecular weight is 226 g/mol. The van der Waals surface area contributed by atoms with Crippen LogP contribution in [0.2, 0.25) is 0 Å². The molecular formula is C11H18N2OS. The second-order valence-corrected chi connectivity index (χ2v) is 5.33. The van der Waals surface area contributed by atoms with Crippen molar-refractivity contribution in [2.45, 2.75) is 38.3 Å². The summed E-state index contributed by atoms with van der Waals surface area (Å²) in [6.07, 6.45) is 4.28. The average Bonchev–Trinajstić information content (AvgIpc) is 2.85. The highest BCUT2D eigenvalue weighted by molar-refractivity contribution is 7.09. The molecule has 0 bridgehead atoms. The van der Waals surface area contributed by atoms with Crippen molar-refractivity contribution in [3.8, 4) is 0 Å². The molecule has 0 radical (unpaired) electrons. The summed E-state index contributed by atoms with van der Waals surface area (Å²) in [4.78, 5) is 5.38. The molecule has 0 spiro atoms. The summed E-state index contributed by atoms with van der Waals surface area (Å²) >= 11 is 1.70. The Hall–Kier alpha value is -0.450. The number of nitrogens with one attached hydrogen (secondary N) is 1. The molecule has 1 aliphatic heterocycles. The first-order chi connectivity index (χ1) is 7.20. The topological polar surface area (TPSA) is 34.1 Å². The molecule has 0 saturated carbocycles. The molecule has 4 heteroatoms. The van der Waals surface area contributed by atoms with E-state index in [1.807, 2.05) is 11.7 Å². The fourth-order valence-corrected chi connectivity index (χ4v) is 2.54. The minimum absolute atomic E-state index is 0.0406. The first kappa shape index (κ1) is 11.0. The fraction of sp³-hybridized carbons (Fsp3) is 0.727. The van der Waals surface area contributed by atoms with Crippen LogP contribution in [0.4, 0.5) is 0 Å². The Morgan fingerprint density at radius 1 is 1.73 bits per heavy atom. The molecule has 1 N–H and O–H groups in total. The molecular weight excluding hydrogens is 208 g/mol. The smallest absolute Gasteiger partial charge is 0.0794 e. The van der Waals surface area contributed by atoms with E-state index in [-0.39, 0.29) is 5.60 Å².